The molecule has 1 amide bonds. The van der Waals surface area contributed by atoms with Crippen LogP contribution in [0.3, 0.4) is 0 Å². The van der Waals surface area contributed by atoms with Crippen LogP contribution in [0, 0.1) is 5.92 Å². The van der Waals surface area contributed by atoms with Gasteiger partial charge in [-0.1, -0.05) is 30.3 Å². The predicted octanol–water partition coefficient (Wildman–Crippen LogP) is 2.92. The molecule has 1 fully saturated rings. The van der Waals surface area contributed by atoms with Crippen LogP contribution in [0.1, 0.15) is 19.3 Å². The number of guanidine groups is 1. The Morgan fingerprint density at radius 3 is 2.50 bits per heavy atom. The Hall–Kier alpha value is -2.03. The Morgan fingerprint density at radius 1 is 1.04 bits per heavy atom. The number of hydrogen-bond acceptors (Lipinski definition) is 3. The van der Waals surface area contributed by atoms with Crippen molar-refractivity contribution in [1.82, 2.24) is 16.0 Å². The Balaban J connectivity index is 0.00000280. The molecule has 7 heteroatoms. The molecular formula is C21H29IN4O2. The number of ether oxygens (including phenoxy) is 1. The molecule has 3 N–H and O–H groups in total. The number of hydrogen-bond donors (Lipinski definition) is 3. The topological polar surface area (TPSA) is 74.8 Å². The smallest absolute Gasteiger partial charge is 0.223 e. The van der Waals surface area contributed by atoms with Crippen LogP contribution in [-0.2, 0) is 4.79 Å². The molecule has 1 aliphatic rings. The Bertz CT molecular complexity index is 793. The van der Waals surface area contributed by atoms with Gasteiger partial charge in [-0.15, -0.1) is 24.0 Å². The normalized spacial score (nSPS) is 13.5. The standard InChI is InChI=1S/C21H28N4O2.HI/c1-22-21(25-13-12-23-20(26)17-7-8-17)24-11-4-14-27-19-10-9-16-5-2-3-6-18(16)15-19;/h2-3,5-6,9-10,15,17H,4,7-8,11-14H2,1H3,(H,23,26)(H2,22,24,25);1H. The van der Waals surface area contributed by atoms with Gasteiger partial charge in [0.25, 0.3) is 0 Å². The molecule has 0 spiro atoms. The number of fused-ring (bicyclic) bond motifs is 1. The Morgan fingerprint density at radius 2 is 1.75 bits per heavy atom. The summed E-state index contributed by atoms with van der Waals surface area (Å²) in [5, 5.41) is 11.8. The Kier molecular flexibility index (Phi) is 9.33. The van der Waals surface area contributed by atoms with Gasteiger partial charge in [0, 0.05) is 32.6 Å². The van der Waals surface area contributed by atoms with Gasteiger partial charge in [0.1, 0.15) is 5.75 Å². The summed E-state index contributed by atoms with van der Waals surface area (Å²) in [4.78, 5) is 15.7. The van der Waals surface area contributed by atoms with E-state index in [0.29, 0.717) is 19.7 Å². The zero-order chi connectivity index (χ0) is 18.9. The average molecular weight is 496 g/mol. The van der Waals surface area contributed by atoms with Crippen LogP contribution in [-0.4, -0.2) is 45.2 Å². The molecule has 0 aliphatic heterocycles. The van der Waals surface area contributed by atoms with E-state index in [-0.39, 0.29) is 35.8 Å². The quantitative estimate of drug-likeness (QED) is 0.216. The lowest BCUT2D eigenvalue weighted by Crippen LogP contribution is -2.42. The molecule has 2 aromatic carbocycles. The van der Waals surface area contributed by atoms with E-state index in [1.807, 2.05) is 18.2 Å². The van der Waals surface area contributed by atoms with Crippen molar-refractivity contribution in [2.24, 2.45) is 10.9 Å². The van der Waals surface area contributed by atoms with Gasteiger partial charge < -0.3 is 20.7 Å². The molecule has 152 valence electrons. The SMILES string of the molecule is CN=C(NCCCOc1ccc2ccccc2c1)NCCNC(=O)C1CC1.I. The molecule has 6 nitrogen and oxygen atoms in total. The van der Waals surface area contributed by atoms with Crippen molar-refractivity contribution in [2.45, 2.75) is 19.3 Å². The van der Waals surface area contributed by atoms with E-state index in [4.69, 9.17) is 4.74 Å². The minimum Gasteiger partial charge on any atom is -0.494 e. The van der Waals surface area contributed by atoms with Crippen molar-refractivity contribution in [1.29, 1.82) is 0 Å². The first-order valence-electron chi connectivity index (χ1n) is 9.60. The number of nitrogens with one attached hydrogen (secondary N) is 3. The second-order valence-corrected chi connectivity index (χ2v) is 6.70. The van der Waals surface area contributed by atoms with Gasteiger partial charge in [0.05, 0.1) is 6.61 Å². The van der Waals surface area contributed by atoms with Crippen molar-refractivity contribution in [2.75, 3.05) is 33.3 Å². The molecule has 1 aliphatic carbocycles. The fraction of sp³-hybridized carbons (Fsp3) is 0.429. The molecule has 0 heterocycles. The van der Waals surface area contributed by atoms with E-state index in [9.17, 15) is 4.79 Å². The zero-order valence-electron chi connectivity index (χ0n) is 16.2. The predicted molar refractivity (Wildman–Crippen MR) is 125 cm³/mol. The van der Waals surface area contributed by atoms with Crippen LogP contribution in [0.25, 0.3) is 10.8 Å². The average Bonchev–Trinajstić information content (AvgIpc) is 3.54. The fourth-order valence-electron chi connectivity index (χ4n) is 2.80. The summed E-state index contributed by atoms with van der Waals surface area (Å²) < 4.78 is 5.83. The van der Waals surface area contributed by atoms with Crippen molar-refractivity contribution >= 4 is 46.6 Å². The lowest BCUT2D eigenvalue weighted by atomic mass is 10.1. The van der Waals surface area contributed by atoms with E-state index in [1.165, 1.54) is 10.8 Å². The van der Waals surface area contributed by atoms with Gasteiger partial charge in [-0.2, -0.15) is 0 Å². The number of rotatable bonds is 9. The number of halogens is 1. The highest BCUT2D eigenvalue weighted by Gasteiger charge is 2.28. The van der Waals surface area contributed by atoms with Gasteiger partial charge in [-0.25, -0.2) is 0 Å². The van der Waals surface area contributed by atoms with Crippen LogP contribution in [0.2, 0.25) is 0 Å². The van der Waals surface area contributed by atoms with Crippen LogP contribution < -0.4 is 20.7 Å². The minimum absolute atomic E-state index is 0. The molecule has 2 aromatic rings. The van der Waals surface area contributed by atoms with Crippen molar-refractivity contribution in [3.05, 3.63) is 42.5 Å². The fourth-order valence-corrected chi connectivity index (χ4v) is 2.80. The molecule has 0 unspecified atom stereocenters. The number of aliphatic imine (C=N–C) groups is 1. The molecule has 3 rings (SSSR count). The highest BCUT2D eigenvalue weighted by Crippen LogP contribution is 2.28. The second-order valence-electron chi connectivity index (χ2n) is 6.70. The zero-order valence-corrected chi connectivity index (χ0v) is 18.6. The van der Waals surface area contributed by atoms with Crippen molar-refractivity contribution in [3.8, 4) is 5.75 Å². The molecule has 0 atom stereocenters. The summed E-state index contributed by atoms with van der Waals surface area (Å²) in [5.41, 5.74) is 0. The van der Waals surface area contributed by atoms with E-state index < -0.39 is 0 Å². The maximum atomic E-state index is 11.6. The molecule has 1 saturated carbocycles. The second kappa shape index (κ2) is 11.7. The number of carbonyl (C=O) groups excluding carboxylic acids is 1. The summed E-state index contributed by atoms with van der Waals surface area (Å²) >= 11 is 0. The van der Waals surface area contributed by atoms with Crippen LogP contribution in [0.15, 0.2) is 47.5 Å². The van der Waals surface area contributed by atoms with E-state index in [1.54, 1.807) is 7.05 Å². The largest absolute Gasteiger partial charge is 0.494 e. The lowest BCUT2D eigenvalue weighted by molar-refractivity contribution is -0.122. The summed E-state index contributed by atoms with van der Waals surface area (Å²) in [5.74, 6) is 2.06. The molecule has 0 radical (unpaired) electrons. The first-order chi connectivity index (χ1) is 13.3. The third-order valence-electron chi connectivity index (χ3n) is 4.49. The first-order valence-corrected chi connectivity index (χ1v) is 9.60. The Labute approximate surface area is 183 Å². The number of amides is 1. The number of nitrogens with zero attached hydrogens (tertiary/aromatic N) is 1. The molecule has 28 heavy (non-hydrogen) atoms. The van der Waals surface area contributed by atoms with Gasteiger partial charge in [0.15, 0.2) is 5.96 Å². The maximum Gasteiger partial charge on any atom is 0.223 e. The third-order valence-corrected chi connectivity index (χ3v) is 4.49. The highest BCUT2D eigenvalue weighted by molar-refractivity contribution is 14.0. The maximum absolute atomic E-state index is 11.6. The minimum atomic E-state index is 0. The summed E-state index contributed by atoms with van der Waals surface area (Å²) in [6.45, 7) is 2.67. The van der Waals surface area contributed by atoms with Crippen LogP contribution >= 0.6 is 24.0 Å². The van der Waals surface area contributed by atoms with Crippen LogP contribution in [0.4, 0.5) is 0 Å². The monoisotopic (exact) mass is 496 g/mol. The van der Waals surface area contributed by atoms with Gasteiger partial charge >= 0.3 is 0 Å². The van der Waals surface area contributed by atoms with E-state index in [0.717, 1.165) is 37.5 Å². The molecule has 0 bridgehead atoms. The van der Waals surface area contributed by atoms with E-state index >= 15 is 0 Å². The van der Waals surface area contributed by atoms with Crippen molar-refractivity contribution in [3.63, 3.8) is 0 Å². The summed E-state index contributed by atoms with van der Waals surface area (Å²) in [6, 6.07) is 14.4. The number of benzene rings is 2. The van der Waals surface area contributed by atoms with Gasteiger partial charge in [0.2, 0.25) is 5.91 Å². The molecule has 0 aromatic heterocycles. The van der Waals surface area contributed by atoms with Gasteiger partial charge in [-0.05, 0) is 42.2 Å². The van der Waals surface area contributed by atoms with E-state index in [2.05, 4.69) is 45.2 Å². The number of carbonyl (C=O) groups is 1. The van der Waals surface area contributed by atoms with Crippen molar-refractivity contribution < 1.29 is 9.53 Å². The highest BCUT2D eigenvalue weighted by atomic mass is 127. The molecular weight excluding hydrogens is 467 g/mol. The first kappa shape index (κ1) is 22.3. The third kappa shape index (κ3) is 7.18. The van der Waals surface area contributed by atoms with Crippen LogP contribution in [0.5, 0.6) is 5.75 Å². The molecule has 0 saturated heterocycles. The van der Waals surface area contributed by atoms with Gasteiger partial charge in [-0.3, -0.25) is 9.79 Å². The summed E-state index contributed by atoms with van der Waals surface area (Å²) in [7, 11) is 1.74. The summed E-state index contributed by atoms with van der Waals surface area (Å²) in [6.07, 6.45) is 2.93. The lowest BCUT2D eigenvalue weighted by Gasteiger charge is -2.13.